The maximum atomic E-state index is 13.2. The van der Waals surface area contributed by atoms with E-state index in [0.717, 1.165) is 62.4 Å². The van der Waals surface area contributed by atoms with Gasteiger partial charge in [0.1, 0.15) is 0 Å². The second-order valence-corrected chi connectivity index (χ2v) is 8.51. The lowest BCUT2D eigenvalue weighted by molar-refractivity contribution is 0.145. The molecule has 4 rings (SSSR count). The van der Waals surface area contributed by atoms with Crippen LogP contribution in [0.2, 0.25) is 0 Å². The highest BCUT2D eigenvalue weighted by Crippen LogP contribution is 2.20. The molecule has 0 unspecified atom stereocenters. The Balaban J connectivity index is 1.60. The van der Waals surface area contributed by atoms with Crippen molar-refractivity contribution in [2.75, 3.05) is 26.2 Å². The molecule has 3 heterocycles. The van der Waals surface area contributed by atoms with Gasteiger partial charge in [-0.1, -0.05) is 26.0 Å². The molecule has 0 radical (unpaired) electrons. The highest BCUT2D eigenvalue weighted by Gasteiger charge is 2.21. The molecule has 26 heavy (non-hydrogen) atoms. The van der Waals surface area contributed by atoms with Crippen molar-refractivity contribution in [3.8, 4) is 0 Å². The van der Waals surface area contributed by atoms with E-state index in [1.54, 1.807) is 0 Å². The SMILES string of the molecule is CC1CCN(Cn2c(=O)n(CN3CCC(C)CC3)c3ccccc32)CC1. The first-order valence-electron chi connectivity index (χ1n) is 10.2. The molecule has 2 fully saturated rings. The van der Waals surface area contributed by atoms with E-state index >= 15 is 0 Å². The first kappa shape index (κ1) is 17.8. The van der Waals surface area contributed by atoms with Crippen LogP contribution in [0.25, 0.3) is 11.0 Å². The number of imidazole rings is 1. The van der Waals surface area contributed by atoms with Gasteiger partial charge in [-0.3, -0.25) is 18.9 Å². The number of hydrogen-bond acceptors (Lipinski definition) is 3. The second kappa shape index (κ2) is 7.57. The third-order valence-corrected chi connectivity index (χ3v) is 6.36. The summed E-state index contributed by atoms with van der Waals surface area (Å²) in [7, 11) is 0. The minimum atomic E-state index is 0.142. The summed E-state index contributed by atoms with van der Waals surface area (Å²) < 4.78 is 3.97. The summed E-state index contributed by atoms with van der Waals surface area (Å²) in [5, 5.41) is 0. The molecule has 1 aromatic carbocycles. The molecule has 2 aliphatic heterocycles. The third kappa shape index (κ3) is 3.60. The predicted octanol–water partition coefficient (Wildman–Crippen LogP) is 3.18. The van der Waals surface area contributed by atoms with E-state index in [1.807, 2.05) is 21.3 Å². The summed E-state index contributed by atoms with van der Waals surface area (Å²) in [6.07, 6.45) is 4.94. The van der Waals surface area contributed by atoms with Gasteiger partial charge < -0.3 is 0 Å². The van der Waals surface area contributed by atoms with Crippen molar-refractivity contribution in [3.63, 3.8) is 0 Å². The number of benzene rings is 1. The van der Waals surface area contributed by atoms with Gasteiger partial charge in [-0.25, -0.2) is 4.79 Å². The van der Waals surface area contributed by atoms with E-state index in [-0.39, 0.29) is 5.69 Å². The Morgan fingerprint density at radius 1 is 0.769 bits per heavy atom. The fraction of sp³-hybridized carbons (Fsp3) is 0.667. The zero-order valence-electron chi connectivity index (χ0n) is 16.2. The molecule has 5 heteroatoms. The molecule has 0 spiro atoms. The molecule has 2 saturated heterocycles. The van der Waals surface area contributed by atoms with E-state index in [2.05, 4.69) is 35.8 Å². The summed E-state index contributed by atoms with van der Waals surface area (Å²) in [5.41, 5.74) is 2.28. The number of nitrogens with zero attached hydrogens (tertiary/aromatic N) is 4. The van der Waals surface area contributed by atoms with E-state index in [0.29, 0.717) is 0 Å². The molecule has 0 aliphatic carbocycles. The molecule has 2 aliphatic rings. The minimum Gasteiger partial charge on any atom is -0.286 e. The van der Waals surface area contributed by atoms with Crippen LogP contribution < -0.4 is 5.69 Å². The lowest BCUT2D eigenvalue weighted by atomic mass is 10.00. The molecule has 0 N–H and O–H groups in total. The highest BCUT2D eigenvalue weighted by atomic mass is 16.2. The van der Waals surface area contributed by atoms with Crippen molar-refractivity contribution in [3.05, 3.63) is 34.7 Å². The Kier molecular flexibility index (Phi) is 5.18. The van der Waals surface area contributed by atoms with E-state index in [1.165, 1.54) is 25.7 Å². The van der Waals surface area contributed by atoms with Gasteiger partial charge >= 0.3 is 5.69 Å². The summed E-state index contributed by atoms with van der Waals surface area (Å²) in [5.74, 6) is 1.62. The van der Waals surface area contributed by atoms with Crippen LogP contribution in [-0.4, -0.2) is 45.1 Å². The first-order valence-corrected chi connectivity index (χ1v) is 10.2. The van der Waals surface area contributed by atoms with Crippen LogP contribution >= 0.6 is 0 Å². The van der Waals surface area contributed by atoms with E-state index < -0.39 is 0 Å². The summed E-state index contributed by atoms with van der Waals surface area (Å²) in [4.78, 5) is 18.1. The van der Waals surface area contributed by atoms with Gasteiger partial charge in [0.25, 0.3) is 0 Å². The average molecular weight is 357 g/mol. The topological polar surface area (TPSA) is 33.4 Å². The average Bonchev–Trinajstić information content (AvgIpc) is 2.91. The van der Waals surface area contributed by atoms with Crippen molar-refractivity contribution in [2.24, 2.45) is 11.8 Å². The van der Waals surface area contributed by atoms with Gasteiger partial charge in [-0.15, -0.1) is 0 Å². The fourth-order valence-corrected chi connectivity index (χ4v) is 4.35. The molecule has 0 saturated carbocycles. The van der Waals surface area contributed by atoms with Crippen molar-refractivity contribution >= 4 is 11.0 Å². The van der Waals surface area contributed by atoms with Crippen LogP contribution in [0.3, 0.4) is 0 Å². The smallest absolute Gasteiger partial charge is 0.286 e. The molecule has 142 valence electrons. The van der Waals surface area contributed by atoms with Crippen LogP contribution in [0.4, 0.5) is 0 Å². The monoisotopic (exact) mass is 356 g/mol. The fourth-order valence-electron chi connectivity index (χ4n) is 4.35. The van der Waals surface area contributed by atoms with Gasteiger partial charge in [-0.05, 0) is 49.7 Å². The van der Waals surface area contributed by atoms with Gasteiger partial charge in [-0.2, -0.15) is 0 Å². The number of fused-ring (bicyclic) bond motifs is 1. The number of hydrogen-bond donors (Lipinski definition) is 0. The number of likely N-dealkylation sites (tertiary alicyclic amines) is 2. The Hall–Kier alpha value is -1.59. The minimum absolute atomic E-state index is 0.142. The summed E-state index contributed by atoms with van der Waals surface area (Å²) in [6, 6.07) is 8.28. The normalized spacial score (nSPS) is 21.6. The molecule has 2 aromatic rings. The van der Waals surface area contributed by atoms with Crippen molar-refractivity contribution in [2.45, 2.75) is 52.9 Å². The van der Waals surface area contributed by atoms with E-state index in [4.69, 9.17) is 0 Å². The maximum Gasteiger partial charge on any atom is 0.331 e. The zero-order valence-corrected chi connectivity index (χ0v) is 16.2. The number of rotatable bonds is 4. The van der Waals surface area contributed by atoms with Crippen molar-refractivity contribution < 1.29 is 0 Å². The Bertz CT molecular complexity index is 728. The largest absolute Gasteiger partial charge is 0.331 e. The quantitative estimate of drug-likeness (QED) is 0.844. The zero-order chi connectivity index (χ0) is 18.1. The highest BCUT2D eigenvalue weighted by molar-refractivity contribution is 5.75. The molecule has 0 amide bonds. The van der Waals surface area contributed by atoms with Crippen LogP contribution in [0, 0.1) is 11.8 Å². The Labute approximate surface area is 156 Å². The van der Waals surface area contributed by atoms with Gasteiger partial charge in [0.15, 0.2) is 0 Å². The molecule has 0 atom stereocenters. The van der Waals surface area contributed by atoms with Crippen LogP contribution in [0.1, 0.15) is 39.5 Å². The standard InChI is InChI=1S/C21H32N4O/c1-17-7-11-22(12-8-17)15-24-19-5-3-4-6-20(19)25(21(24)26)16-23-13-9-18(2)10-14-23/h3-6,17-18H,7-16H2,1-2H3. The molecule has 0 bridgehead atoms. The number of piperidine rings is 2. The van der Waals surface area contributed by atoms with Gasteiger partial charge in [0, 0.05) is 26.2 Å². The Morgan fingerprint density at radius 3 is 1.54 bits per heavy atom. The molecule has 1 aromatic heterocycles. The van der Waals surface area contributed by atoms with Gasteiger partial charge in [0.05, 0.1) is 24.4 Å². The lowest BCUT2D eigenvalue weighted by Crippen LogP contribution is -2.40. The van der Waals surface area contributed by atoms with E-state index in [9.17, 15) is 4.79 Å². The van der Waals surface area contributed by atoms with Crippen molar-refractivity contribution in [1.82, 2.24) is 18.9 Å². The van der Waals surface area contributed by atoms with Crippen LogP contribution in [0.5, 0.6) is 0 Å². The molecular formula is C21H32N4O. The second-order valence-electron chi connectivity index (χ2n) is 8.51. The molecule has 5 nitrogen and oxygen atoms in total. The lowest BCUT2D eigenvalue weighted by Gasteiger charge is -2.30. The predicted molar refractivity (Wildman–Crippen MR) is 106 cm³/mol. The third-order valence-electron chi connectivity index (χ3n) is 6.36. The van der Waals surface area contributed by atoms with Crippen LogP contribution in [-0.2, 0) is 13.3 Å². The number of para-hydroxylation sites is 2. The summed E-state index contributed by atoms with van der Waals surface area (Å²) >= 11 is 0. The number of aromatic nitrogens is 2. The van der Waals surface area contributed by atoms with Gasteiger partial charge in [0.2, 0.25) is 0 Å². The molecular weight excluding hydrogens is 324 g/mol. The summed E-state index contributed by atoms with van der Waals surface area (Å²) in [6.45, 7) is 10.5. The maximum absolute atomic E-state index is 13.2. The Morgan fingerprint density at radius 2 is 1.15 bits per heavy atom. The van der Waals surface area contributed by atoms with Crippen molar-refractivity contribution in [1.29, 1.82) is 0 Å². The van der Waals surface area contributed by atoms with Crippen LogP contribution in [0.15, 0.2) is 29.1 Å². The first-order chi connectivity index (χ1) is 12.6.